The minimum Gasteiger partial charge on any atom is -0.481 e. The van der Waals surface area contributed by atoms with Crippen LogP contribution in [0.4, 0.5) is 5.82 Å². The number of anilines is 1. The lowest BCUT2D eigenvalue weighted by Crippen LogP contribution is -2.76. The first kappa shape index (κ1) is 56.0. The number of aliphatic hydroxyl groups excluding tert-OH is 7. The molecule has 22 atom stereocenters. The lowest BCUT2D eigenvalue weighted by molar-refractivity contribution is -0.350. The molecule has 12 rings (SSSR count). The molecule has 1 amide bonds. The van der Waals surface area contributed by atoms with Crippen LogP contribution in [-0.4, -0.2) is 148 Å². The van der Waals surface area contributed by atoms with Crippen LogP contribution in [0, 0.1) is 85.2 Å². The van der Waals surface area contributed by atoms with Crippen molar-refractivity contribution in [3.63, 3.8) is 0 Å². The van der Waals surface area contributed by atoms with Gasteiger partial charge in [-0.3, -0.25) is 9.59 Å². The Labute approximate surface area is 464 Å². The van der Waals surface area contributed by atoms with Crippen LogP contribution in [0.15, 0.2) is 30.5 Å². The second kappa shape index (κ2) is 20.1. The van der Waals surface area contributed by atoms with Crippen molar-refractivity contribution in [1.82, 2.24) is 25.3 Å². The zero-order chi connectivity index (χ0) is 55.8. The highest BCUT2D eigenvalue weighted by molar-refractivity contribution is 5.86. The molecule has 19 heteroatoms. The van der Waals surface area contributed by atoms with Crippen molar-refractivity contribution < 1.29 is 59.9 Å². The number of nitrogens with zero attached hydrogens (tertiary/aromatic N) is 2. The molecular weight excluding hydrogens is 1010 g/mol. The van der Waals surface area contributed by atoms with Gasteiger partial charge in [0, 0.05) is 42.4 Å². The number of nitrogens with two attached hydrogens (primary N) is 1. The summed E-state index contributed by atoms with van der Waals surface area (Å²) in [5.41, 5.74) is 3.67. The van der Waals surface area contributed by atoms with E-state index < -0.39 is 98.9 Å². The summed E-state index contributed by atoms with van der Waals surface area (Å²) in [5.74, 6) is -2.42. The Bertz CT molecular complexity index is 2610. The number of rotatable bonds is 13. The molecule has 2 saturated heterocycles. The van der Waals surface area contributed by atoms with Gasteiger partial charge in [0.1, 0.15) is 30.4 Å². The van der Waals surface area contributed by atoms with Crippen molar-refractivity contribution in [1.29, 1.82) is 0 Å². The number of carbonyl (C=O) groups is 2. The highest BCUT2D eigenvalue weighted by atomic mass is 16.7. The van der Waals surface area contributed by atoms with Gasteiger partial charge < -0.3 is 76.7 Å². The largest absolute Gasteiger partial charge is 0.481 e. The number of aliphatic hydroxyl groups is 7. The number of hydrogen-bond acceptors (Lipinski definition) is 15. The molecule has 19 nitrogen and oxygen atoms in total. The van der Waals surface area contributed by atoms with Crippen LogP contribution in [0.25, 0.3) is 0 Å². The fourth-order valence-corrected chi connectivity index (χ4v) is 21.5. The fraction of sp³-hybridized carbons (Fsp3) is 0.833. The van der Waals surface area contributed by atoms with Crippen molar-refractivity contribution in [2.24, 2.45) is 91.0 Å². The third kappa shape index (κ3) is 7.91. The van der Waals surface area contributed by atoms with E-state index in [1.54, 1.807) is 18.9 Å². The number of carboxylic acid groups (broad SMARTS) is 1. The van der Waals surface area contributed by atoms with E-state index in [1.165, 1.54) is 5.57 Å². The molecule has 1 spiro atoms. The molecule has 0 unspecified atom stereocenters. The summed E-state index contributed by atoms with van der Waals surface area (Å²) in [4.78, 5) is 45.8. The number of H-pyrrole nitrogens is 2. The molecule has 3 aliphatic heterocycles. The minimum atomic E-state index is -1.65. The monoisotopic (exact) mass is 1100 g/mol. The van der Waals surface area contributed by atoms with E-state index in [1.807, 2.05) is 6.92 Å². The third-order valence-corrected chi connectivity index (χ3v) is 25.4. The zero-order valence-electron chi connectivity index (χ0n) is 46.9. The molecule has 0 bridgehead atoms. The maximum atomic E-state index is 15.2. The van der Waals surface area contributed by atoms with Crippen LogP contribution in [0.1, 0.15) is 154 Å². The molecule has 7 aliphatic carbocycles. The number of aliphatic carboxylic acids is 1. The normalized spacial score (nSPS) is 47.0. The number of allylic oxidation sites excluding steroid dienone is 2. The van der Waals surface area contributed by atoms with E-state index in [0.717, 1.165) is 62.2 Å². The Morgan fingerprint density at radius 3 is 2.33 bits per heavy atom. The van der Waals surface area contributed by atoms with Gasteiger partial charge in [-0.25, -0.2) is 9.97 Å². The van der Waals surface area contributed by atoms with Gasteiger partial charge in [0.25, 0.3) is 0 Å². The molecule has 5 heterocycles. The van der Waals surface area contributed by atoms with Crippen molar-refractivity contribution in [3.8, 4) is 0 Å². The van der Waals surface area contributed by atoms with Gasteiger partial charge in [0.15, 0.2) is 6.29 Å². The molecule has 8 fully saturated rings. The topological polar surface area (TPSA) is 322 Å². The number of carbonyl (C=O) groups excluding carboxylic acids is 1. The van der Waals surface area contributed by atoms with Gasteiger partial charge in [0.05, 0.1) is 54.6 Å². The minimum absolute atomic E-state index is 0.00208. The van der Waals surface area contributed by atoms with Crippen molar-refractivity contribution in [3.05, 3.63) is 41.9 Å². The summed E-state index contributed by atoms with van der Waals surface area (Å²) in [5, 5.41) is 101. The van der Waals surface area contributed by atoms with Crippen LogP contribution in [0.3, 0.4) is 0 Å². The molecule has 0 aromatic carbocycles. The molecule has 6 saturated carbocycles. The third-order valence-electron chi connectivity index (χ3n) is 25.4. The highest BCUT2D eigenvalue weighted by Crippen LogP contribution is 2.81. The number of aromatic amines is 2. The smallest absolute Gasteiger partial charge is 0.310 e. The average Bonchev–Trinajstić information content (AvgIpc) is 1.55. The summed E-state index contributed by atoms with van der Waals surface area (Å²) >= 11 is 0. The standard InChI is InChI=1S/C60H91N7O12/c1-54(27-68)19-20-59(53(76)77)37(23-54)33-12-13-43-56(3,57(33,4)34-22-39-50(66-30-65-39)63-24-38(34)59)18-15-42-55(2,28-69)49(79-51-48(74)47(73)41(70)26-78-51)46(72)36(60(42,43)31-9-5-6-10-31)21-35-45(67-52(75)58(35)16-7-8-17-58)32(11-14-44(61)71)40-25-62-29-64-40/h12,25,29-32,34-38,41-49,51,63,68-74H,5-11,13-24,26-28,61H2,1-4H3,(H,62,64)(H,65,66)(H,67,75)(H,76,77)/t32-,34+,35+,36-,37+,38+,41-,42-,43+,44+,45-,46-,47+,48-,49-,51+,54+,55+,56-,57+,59-,60+/m1/s1. The second-order valence-electron chi connectivity index (χ2n) is 28.3. The molecule has 0 radical (unpaired) electrons. The number of hydrogen-bond donors (Lipinski definition) is 13. The van der Waals surface area contributed by atoms with Crippen LogP contribution >= 0.6 is 0 Å². The van der Waals surface area contributed by atoms with E-state index in [9.17, 15) is 45.6 Å². The van der Waals surface area contributed by atoms with Crippen molar-refractivity contribution in [2.45, 2.75) is 198 Å². The number of imidazole rings is 2. The summed E-state index contributed by atoms with van der Waals surface area (Å²) in [6.45, 7) is 8.78. The van der Waals surface area contributed by atoms with Crippen LogP contribution in [0.5, 0.6) is 0 Å². The number of aromatic nitrogens is 4. The summed E-state index contributed by atoms with van der Waals surface area (Å²) in [6.07, 6.45) is 10.2. The predicted molar refractivity (Wildman–Crippen MR) is 289 cm³/mol. The van der Waals surface area contributed by atoms with E-state index in [4.69, 9.17) is 20.2 Å². The number of ether oxygens (including phenoxy) is 2. The quantitative estimate of drug-likeness (QED) is 0.0747. The van der Waals surface area contributed by atoms with E-state index >= 15 is 4.79 Å². The van der Waals surface area contributed by atoms with Gasteiger partial charge >= 0.3 is 5.97 Å². The van der Waals surface area contributed by atoms with E-state index in [2.05, 4.69) is 52.4 Å². The van der Waals surface area contributed by atoms with Gasteiger partial charge in [0.2, 0.25) is 5.91 Å². The van der Waals surface area contributed by atoms with Gasteiger partial charge in [-0.05, 0) is 159 Å². The average molecular weight is 1100 g/mol. The van der Waals surface area contributed by atoms with Crippen molar-refractivity contribution >= 4 is 17.7 Å². The van der Waals surface area contributed by atoms with E-state index in [-0.39, 0.29) is 79.5 Å². The Morgan fingerprint density at radius 2 is 1.65 bits per heavy atom. The predicted octanol–water partition coefficient (Wildman–Crippen LogP) is 4.48. The maximum absolute atomic E-state index is 15.2. The molecule has 14 N–H and O–H groups in total. The molecular formula is C60H91N7O12. The van der Waals surface area contributed by atoms with Gasteiger partial charge in [-0.1, -0.05) is 65.0 Å². The number of carboxylic acids is 1. The second-order valence-corrected chi connectivity index (χ2v) is 28.3. The first-order valence-corrected chi connectivity index (χ1v) is 30.3. The first-order valence-electron chi connectivity index (χ1n) is 30.3. The van der Waals surface area contributed by atoms with Gasteiger partial charge in [-0.15, -0.1) is 0 Å². The fourth-order valence-electron chi connectivity index (χ4n) is 21.5. The van der Waals surface area contributed by atoms with Crippen LogP contribution in [0.2, 0.25) is 0 Å². The maximum Gasteiger partial charge on any atom is 0.310 e. The SMILES string of the molecule is C[C@]1(CO)CC[C@@]2(C(=O)O)[C@@H](C1)C1=CC[C@@H]3[C@@]4(C5CCCC5)[C@H](C[C@H]5[C@@H]([C@H](CC[C@@H](N)O)c6cnc[nH]6)NC(=O)C56CCCC6)[C@@H](O)[C@@H](O[C@@H]5OC[C@@H](O)[C@H](O)[C@H]5O)[C@@](C)(CO)[C@H]4CC[C@@]3(C)[C@]1(C)[C@H]1Cc3[nH]cnc3NC[C@@H]12. The lowest BCUT2D eigenvalue weighted by atomic mass is 9.27. The molecule has 79 heavy (non-hydrogen) atoms. The first-order chi connectivity index (χ1) is 37.7. The number of nitrogens with one attached hydrogen (secondary N) is 4. The Balaban J connectivity index is 1.08. The molecule has 2 aromatic rings. The molecule has 438 valence electrons. The van der Waals surface area contributed by atoms with E-state index in [0.29, 0.717) is 70.8 Å². The Hall–Kier alpha value is -3.50. The molecule has 2 aromatic heterocycles. The van der Waals surface area contributed by atoms with Crippen LogP contribution in [-0.2, 0) is 25.5 Å². The summed E-state index contributed by atoms with van der Waals surface area (Å²) in [7, 11) is 0. The van der Waals surface area contributed by atoms with Gasteiger partial charge in [-0.2, -0.15) is 0 Å². The number of amides is 1. The number of fused-ring (bicyclic) bond motifs is 11. The Morgan fingerprint density at radius 1 is 0.886 bits per heavy atom. The van der Waals surface area contributed by atoms with Crippen LogP contribution < -0.4 is 16.4 Å². The Kier molecular flexibility index (Phi) is 14.3. The highest BCUT2D eigenvalue weighted by Gasteiger charge is 2.79. The summed E-state index contributed by atoms with van der Waals surface area (Å²) in [6, 6.07) is -0.440. The lowest BCUT2D eigenvalue weighted by Gasteiger charge is -2.77. The zero-order valence-corrected chi connectivity index (χ0v) is 46.9. The molecule has 10 aliphatic rings. The van der Waals surface area contributed by atoms with Crippen molar-refractivity contribution in [2.75, 3.05) is 31.7 Å². The summed E-state index contributed by atoms with van der Waals surface area (Å²) < 4.78 is 13.0.